The second-order valence-electron chi connectivity index (χ2n) is 6.35. The van der Waals surface area contributed by atoms with Gasteiger partial charge in [-0.15, -0.1) is 54.4 Å². The van der Waals surface area contributed by atoms with E-state index in [1.807, 2.05) is 23.0 Å². The fraction of sp³-hybridized carbons (Fsp3) is 0.130. The van der Waals surface area contributed by atoms with E-state index in [0.29, 0.717) is 0 Å². The van der Waals surface area contributed by atoms with Crippen LogP contribution >= 0.6 is 0 Å². The van der Waals surface area contributed by atoms with Gasteiger partial charge in [0.2, 0.25) is 0 Å². The molecule has 0 unspecified atom stereocenters. The Morgan fingerprint density at radius 1 is 0.964 bits per heavy atom. The van der Waals surface area contributed by atoms with Gasteiger partial charge in [0.15, 0.2) is 0 Å². The Labute approximate surface area is 197 Å². The van der Waals surface area contributed by atoms with Crippen molar-refractivity contribution >= 4 is 21.7 Å². The number of hydrogen-bond donors (Lipinski definition) is 0. The average molecular weight is 574 g/mol. The molecule has 0 N–H and O–H groups in total. The van der Waals surface area contributed by atoms with E-state index in [-0.39, 0.29) is 50.7 Å². The van der Waals surface area contributed by atoms with E-state index in [4.69, 9.17) is 0 Å². The molecule has 0 spiro atoms. The molecule has 0 saturated heterocycles. The van der Waals surface area contributed by atoms with Crippen molar-refractivity contribution in [1.29, 1.82) is 0 Å². The van der Waals surface area contributed by atoms with Crippen LogP contribution in [0.2, 0.25) is 0 Å². The molecule has 0 fully saturated rings. The molecule has 0 atom stereocenters. The molecule has 28 heavy (non-hydrogen) atoms. The van der Waals surface area contributed by atoms with Crippen molar-refractivity contribution in [3.05, 3.63) is 90.2 Å². The van der Waals surface area contributed by atoms with Gasteiger partial charge in [-0.3, -0.25) is 10.8 Å². The van der Waals surface area contributed by atoms with E-state index in [9.17, 15) is 0 Å². The molecule has 5 heteroatoms. The molecule has 0 bridgehead atoms. The number of allylic oxidation sites excluding steroid dienone is 4. The Hall–Kier alpha value is -1.55. The van der Waals surface area contributed by atoms with E-state index >= 15 is 0 Å². The van der Waals surface area contributed by atoms with E-state index in [2.05, 4.69) is 79.6 Å². The Bertz CT molecular complexity index is 1060. The number of benzene rings is 2. The van der Waals surface area contributed by atoms with Gasteiger partial charge in [0.1, 0.15) is 0 Å². The summed E-state index contributed by atoms with van der Waals surface area (Å²) in [5, 5.41) is 8.16. The third-order valence-corrected chi connectivity index (χ3v) is 4.69. The third-order valence-electron chi connectivity index (χ3n) is 4.69. The van der Waals surface area contributed by atoms with Crippen LogP contribution in [0.4, 0.5) is 0 Å². The van der Waals surface area contributed by atoms with Crippen molar-refractivity contribution in [3.8, 4) is 5.69 Å². The van der Waals surface area contributed by atoms with Crippen LogP contribution in [0.1, 0.15) is 20.3 Å². The van der Waals surface area contributed by atoms with Crippen LogP contribution in [0.5, 0.6) is 0 Å². The maximum absolute atomic E-state index is 4.48. The van der Waals surface area contributed by atoms with Crippen LogP contribution in [-0.4, -0.2) is 9.78 Å². The molecular formula is C23H20Cl2HfN2. The van der Waals surface area contributed by atoms with E-state index in [0.717, 1.165) is 17.6 Å². The van der Waals surface area contributed by atoms with Crippen LogP contribution in [0.3, 0.4) is 0 Å². The average Bonchev–Trinajstić information content (AvgIpc) is 3.34. The quantitative estimate of drug-likeness (QED) is 0.232. The third kappa shape index (κ3) is 5.08. The van der Waals surface area contributed by atoms with E-state index < -0.39 is 0 Å². The fourth-order valence-electron chi connectivity index (χ4n) is 3.08. The van der Waals surface area contributed by atoms with Crippen LogP contribution in [0.15, 0.2) is 84.1 Å². The maximum atomic E-state index is 4.48. The van der Waals surface area contributed by atoms with Crippen LogP contribution in [-0.2, 0) is 25.8 Å². The largest absolute Gasteiger partial charge is 4.00 e. The van der Waals surface area contributed by atoms with Gasteiger partial charge in [-0.1, -0.05) is 31.2 Å². The smallest absolute Gasteiger partial charge is 1.00 e. The molecule has 5 rings (SSSR count). The molecule has 1 aromatic heterocycles. The number of para-hydroxylation sites is 1. The zero-order chi connectivity index (χ0) is 17.2. The van der Waals surface area contributed by atoms with Gasteiger partial charge < -0.3 is 24.8 Å². The van der Waals surface area contributed by atoms with Crippen LogP contribution in [0, 0.1) is 6.08 Å². The fourth-order valence-corrected chi connectivity index (χ4v) is 3.08. The minimum Gasteiger partial charge on any atom is -1.00 e. The van der Waals surface area contributed by atoms with Gasteiger partial charge in [0.25, 0.3) is 0 Å². The summed E-state index contributed by atoms with van der Waals surface area (Å²) in [6, 6.07) is 21.0. The number of hydrogen-bond acceptors (Lipinski definition) is 1. The maximum Gasteiger partial charge on any atom is 4.00 e. The second kappa shape index (κ2) is 10.8. The molecule has 1 aliphatic rings. The molecule has 0 amide bonds. The van der Waals surface area contributed by atoms with Crippen LogP contribution < -0.4 is 24.8 Å². The summed E-state index contributed by atoms with van der Waals surface area (Å²) < 4.78 is 2.00. The van der Waals surface area contributed by atoms with Gasteiger partial charge >= 0.3 is 25.8 Å². The summed E-state index contributed by atoms with van der Waals surface area (Å²) in [4.78, 5) is 0. The SMILES string of the molecule is CC1=[C-]CC=C1C.[Cl-].[Cl-].[Hf+4].c1ccc2[cH-]c(-n3ncc4ccccc43)cc2c1. The minimum atomic E-state index is 0. The zero-order valence-corrected chi connectivity index (χ0v) is 20.9. The molecule has 4 aromatic rings. The molecule has 3 aromatic carbocycles. The predicted molar refractivity (Wildman–Crippen MR) is 105 cm³/mol. The summed E-state index contributed by atoms with van der Waals surface area (Å²) in [6.07, 6.45) is 8.32. The van der Waals surface area contributed by atoms with Gasteiger partial charge in [-0.25, -0.2) is 11.1 Å². The first-order chi connectivity index (χ1) is 12.2. The second-order valence-corrected chi connectivity index (χ2v) is 6.35. The summed E-state index contributed by atoms with van der Waals surface area (Å²) in [6.45, 7) is 4.22. The Morgan fingerprint density at radius 3 is 2.25 bits per heavy atom. The molecule has 2 nitrogen and oxygen atoms in total. The van der Waals surface area contributed by atoms with Crippen molar-refractivity contribution in [2.45, 2.75) is 20.3 Å². The van der Waals surface area contributed by atoms with E-state index in [1.54, 1.807) is 0 Å². The molecule has 0 saturated carbocycles. The number of halogens is 2. The zero-order valence-electron chi connectivity index (χ0n) is 15.8. The summed E-state index contributed by atoms with van der Waals surface area (Å²) in [5.74, 6) is 0. The number of aromatic nitrogens is 2. The molecule has 0 radical (unpaired) electrons. The monoisotopic (exact) mass is 574 g/mol. The van der Waals surface area contributed by atoms with E-state index in [1.165, 1.54) is 27.3 Å². The van der Waals surface area contributed by atoms with Gasteiger partial charge in [0, 0.05) is 5.39 Å². The van der Waals surface area contributed by atoms with Crippen LogP contribution in [0.25, 0.3) is 27.4 Å². The minimum absolute atomic E-state index is 0. The molecule has 1 aliphatic carbocycles. The Kier molecular flexibility index (Phi) is 9.49. The van der Waals surface area contributed by atoms with Gasteiger partial charge in [-0.2, -0.15) is 11.2 Å². The Morgan fingerprint density at radius 2 is 1.64 bits per heavy atom. The first-order valence-corrected chi connectivity index (χ1v) is 8.55. The topological polar surface area (TPSA) is 17.8 Å². The van der Waals surface area contributed by atoms with Crippen molar-refractivity contribution in [2.24, 2.45) is 0 Å². The number of fused-ring (bicyclic) bond motifs is 2. The molecule has 140 valence electrons. The Balaban J connectivity index is 0.000000341. The first kappa shape index (κ1) is 24.5. The summed E-state index contributed by atoms with van der Waals surface area (Å²) >= 11 is 0. The predicted octanol–water partition coefficient (Wildman–Crippen LogP) is -0.0110. The van der Waals surface area contributed by atoms with Crippen molar-refractivity contribution in [3.63, 3.8) is 0 Å². The van der Waals surface area contributed by atoms with Crippen molar-refractivity contribution in [1.82, 2.24) is 9.78 Å². The van der Waals surface area contributed by atoms with Gasteiger partial charge in [0.05, 0.1) is 11.7 Å². The summed E-state index contributed by atoms with van der Waals surface area (Å²) in [7, 11) is 0. The molecule has 1 heterocycles. The number of nitrogens with zero attached hydrogens (tertiary/aromatic N) is 2. The summed E-state index contributed by atoms with van der Waals surface area (Å²) in [5.41, 5.74) is 4.98. The molecular weight excluding hydrogens is 554 g/mol. The first-order valence-electron chi connectivity index (χ1n) is 8.55. The number of rotatable bonds is 1. The van der Waals surface area contributed by atoms with Crippen molar-refractivity contribution in [2.75, 3.05) is 0 Å². The standard InChI is InChI=1S/C16H11N2.C7H9.2ClH.Hf/c1-2-6-13-10-15(9-12(13)5-1)18-16-8-4-3-7-14(16)11-17-18;1-6-4-3-5-7(6)2;;;/h1-11H;4H,3H2,1-2H3;2*1H;/q2*-1;;;+4/p-2. The normalized spacial score (nSPS) is 12.1. The molecule has 0 aliphatic heterocycles. The van der Waals surface area contributed by atoms with Crippen molar-refractivity contribution < 1.29 is 50.7 Å². The van der Waals surface area contributed by atoms with Gasteiger partial charge in [-0.05, 0) is 11.8 Å².